The Hall–Kier alpha value is -0.700. The molecule has 0 radical (unpaired) electrons. The van der Waals surface area contributed by atoms with Gasteiger partial charge in [-0.2, -0.15) is 0 Å². The van der Waals surface area contributed by atoms with Crippen molar-refractivity contribution in [1.29, 1.82) is 0 Å². The number of nitrogens with zero attached hydrogens (tertiary/aromatic N) is 1. The first-order valence-electron chi connectivity index (χ1n) is 2.25. The lowest BCUT2D eigenvalue weighted by atomic mass is 10.8. The Morgan fingerprint density at radius 3 is 2.33 bits per heavy atom. The van der Waals surface area contributed by atoms with E-state index in [1.807, 2.05) is 0 Å². The van der Waals surface area contributed by atoms with Crippen LogP contribution in [0.4, 0.5) is 4.79 Å². The first kappa shape index (κ1) is 8.30. The van der Waals surface area contributed by atoms with Gasteiger partial charge < -0.3 is 4.74 Å². The summed E-state index contributed by atoms with van der Waals surface area (Å²) >= 11 is 5.05. The van der Waals surface area contributed by atoms with Gasteiger partial charge in [-0.3, -0.25) is 9.69 Å². The van der Waals surface area contributed by atoms with Crippen molar-refractivity contribution in [3.05, 3.63) is 12.5 Å². The van der Waals surface area contributed by atoms with Gasteiger partial charge in [-0.15, -0.1) is 0 Å². The van der Waals surface area contributed by atoms with Gasteiger partial charge >= 0.3 is 5.37 Å². The summed E-state index contributed by atoms with van der Waals surface area (Å²) in [4.78, 5) is 11.4. The van der Waals surface area contributed by atoms with E-state index in [9.17, 15) is 4.79 Å². The fourth-order valence-corrected chi connectivity index (χ4v) is 0.329. The average Bonchev–Trinajstić information content (AvgIpc) is 1.84. The molecule has 0 heterocycles. The highest BCUT2D eigenvalue weighted by molar-refractivity contribution is 6.62. The van der Waals surface area contributed by atoms with Gasteiger partial charge in [0.05, 0.1) is 7.11 Å². The number of hydrogen-bond donors (Lipinski definition) is 0. The molecule has 0 rings (SSSR count). The van der Waals surface area contributed by atoms with Crippen molar-refractivity contribution in [2.24, 2.45) is 0 Å². The topological polar surface area (TPSA) is 29.5 Å². The van der Waals surface area contributed by atoms with E-state index in [1.165, 1.54) is 14.2 Å². The van der Waals surface area contributed by atoms with Crippen LogP contribution in [-0.2, 0) is 4.74 Å². The molecular formula is C5H8ClNO2. The van der Waals surface area contributed by atoms with Crippen LogP contribution in [0.2, 0.25) is 0 Å². The minimum atomic E-state index is -0.609. The van der Waals surface area contributed by atoms with Gasteiger partial charge in [0.25, 0.3) is 0 Å². The van der Waals surface area contributed by atoms with Crippen LogP contribution in [0.25, 0.3) is 0 Å². The highest BCUT2D eigenvalue weighted by atomic mass is 35.5. The molecule has 52 valence electrons. The Morgan fingerprint density at radius 1 is 1.78 bits per heavy atom. The number of rotatable bonds is 2. The summed E-state index contributed by atoms with van der Waals surface area (Å²) in [6.07, 6.45) is 0. The summed E-state index contributed by atoms with van der Waals surface area (Å²) in [5, 5.41) is -0.609. The molecular weight excluding hydrogens is 142 g/mol. The Morgan fingerprint density at radius 2 is 2.22 bits per heavy atom. The van der Waals surface area contributed by atoms with Gasteiger partial charge in [0.15, 0.2) is 5.88 Å². The lowest BCUT2D eigenvalue weighted by Gasteiger charge is -2.13. The Labute approximate surface area is 58.8 Å². The molecule has 0 aliphatic rings. The van der Waals surface area contributed by atoms with Crippen LogP contribution in [0.5, 0.6) is 0 Å². The summed E-state index contributed by atoms with van der Waals surface area (Å²) in [6, 6.07) is 0. The van der Waals surface area contributed by atoms with Crippen LogP contribution in [0.1, 0.15) is 0 Å². The lowest BCUT2D eigenvalue weighted by molar-refractivity contribution is 0.184. The summed E-state index contributed by atoms with van der Waals surface area (Å²) in [5.41, 5.74) is 0. The Balaban J connectivity index is 3.88. The zero-order chi connectivity index (χ0) is 7.44. The SMILES string of the molecule is C=C(OC)N(C)C(=O)Cl. The zero-order valence-electron chi connectivity index (χ0n) is 5.35. The first-order valence-corrected chi connectivity index (χ1v) is 2.63. The van der Waals surface area contributed by atoms with E-state index in [2.05, 4.69) is 11.3 Å². The minimum Gasteiger partial charge on any atom is -0.482 e. The van der Waals surface area contributed by atoms with Crippen LogP contribution < -0.4 is 0 Å². The van der Waals surface area contributed by atoms with E-state index in [-0.39, 0.29) is 5.88 Å². The number of hydrogen-bond acceptors (Lipinski definition) is 2. The molecule has 9 heavy (non-hydrogen) atoms. The maximum Gasteiger partial charge on any atom is 0.322 e. The van der Waals surface area contributed by atoms with E-state index >= 15 is 0 Å². The number of amides is 1. The molecule has 0 aliphatic heterocycles. The van der Waals surface area contributed by atoms with E-state index in [0.717, 1.165) is 4.90 Å². The maximum atomic E-state index is 10.3. The molecule has 0 N–H and O–H groups in total. The Kier molecular flexibility index (Phi) is 3.09. The quantitative estimate of drug-likeness (QED) is 0.337. The normalized spacial score (nSPS) is 8.33. The number of carbonyl (C=O) groups is 1. The third-order valence-corrected chi connectivity index (χ3v) is 1.13. The van der Waals surface area contributed by atoms with E-state index in [1.54, 1.807) is 0 Å². The number of halogens is 1. The lowest BCUT2D eigenvalue weighted by Crippen LogP contribution is -2.20. The second kappa shape index (κ2) is 3.35. The van der Waals surface area contributed by atoms with Gasteiger partial charge in [0, 0.05) is 7.05 Å². The minimum absolute atomic E-state index is 0.231. The summed E-state index contributed by atoms with van der Waals surface area (Å²) in [7, 11) is 2.89. The van der Waals surface area contributed by atoms with Crippen molar-refractivity contribution in [2.45, 2.75) is 0 Å². The van der Waals surface area contributed by atoms with Crippen LogP contribution >= 0.6 is 11.6 Å². The maximum absolute atomic E-state index is 10.3. The van der Waals surface area contributed by atoms with Crippen LogP contribution in [-0.4, -0.2) is 24.4 Å². The summed E-state index contributed by atoms with van der Waals surface area (Å²) in [6.45, 7) is 3.39. The summed E-state index contributed by atoms with van der Waals surface area (Å²) < 4.78 is 4.60. The zero-order valence-corrected chi connectivity index (χ0v) is 6.10. The largest absolute Gasteiger partial charge is 0.482 e. The van der Waals surface area contributed by atoms with E-state index < -0.39 is 5.37 Å². The highest BCUT2D eigenvalue weighted by Crippen LogP contribution is 2.01. The fraction of sp³-hybridized carbons (Fsp3) is 0.400. The monoisotopic (exact) mass is 149 g/mol. The van der Waals surface area contributed by atoms with Gasteiger partial charge in [-0.25, -0.2) is 0 Å². The molecule has 0 aromatic carbocycles. The smallest absolute Gasteiger partial charge is 0.322 e. The molecule has 0 saturated carbocycles. The van der Waals surface area contributed by atoms with E-state index in [4.69, 9.17) is 11.6 Å². The number of carbonyl (C=O) groups excluding carboxylic acids is 1. The molecule has 0 atom stereocenters. The second-order valence-corrected chi connectivity index (χ2v) is 1.73. The van der Waals surface area contributed by atoms with Gasteiger partial charge in [0.2, 0.25) is 0 Å². The molecule has 0 unspecified atom stereocenters. The molecule has 4 heteroatoms. The molecule has 0 bridgehead atoms. The second-order valence-electron chi connectivity index (χ2n) is 1.41. The fourth-order valence-electron chi connectivity index (χ4n) is 0.235. The average molecular weight is 150 g/mol. The molecule has 0 saturated heterocycles. The van der Waals surface area contributed by atoms with Crippen LogP contribution in [0.15, 0.2) is 12.5 Å². The highest BCUT2D eigenvalue weighted by Gasteiger charge is 2.06. The van der Waals surface area contributed by atoms with Crippen molar-refractivity contribution in [1.82, 2.24) is 4.90 Å². The number of ether oxygens (including phenoxy) is 1. The first-order chi connectivity index (χ1) is 4.09. The molecule has 0 aromatic heterocycles. The van der Waals surface area contributed by atoms with Crippen molar-refractivity contribution in [3.63, 3.8) is 0 Å². The third kappa shape index (κ3) is 2.37. The molecule has 0 fully saturated rings. The van der Waals surface area contributed by atoms with Gasteiger partial charge in [-0.05, 0) is 18.2 Å². The molecule has 0 spiro atoms. The van der Waals surface area contributed by atoms with Crippen molar-refractivity contribution in [3.8, 4) is 0 Å². The summed E-state index contributed by atoms with van der Waals surface area (Å²) in [5.74, 6) is 0.231. The standard InChI is InChI=1S/C5H8ClNO2/c1-4(9-3)7(2)5(6)8/h1H2,2-3H3. The van der Waals surface area contributed by atoms with Crippen molar-refractivity contribution in [2.75, 3.05) is 14.2 Å². The van der Waals surface area contributed by atoms with Crippen molar-refractivity contribution < 1.29 is 9.53 Å². The Bertz CT molecular complexity index is 135. The molecule has 0 aromatic rings. The van der Waals surface area contributed by atoms with Crippen LogP contribution in [0, 0.1) is 0 Å². The number of methoxy groups -OCH3 is 1. The van der Waals surface area contributed by atoms with Gasteiger partial charge in [0.1, 0.15) is 0 Å². The molecule has 1 amide bonds. The van der Waals surface area contributed by atoms with E-state index in [0.29, 0.717) is 0 Å². The predicted molar refractivity (Wildman–Crippen MR) is 35.2 cm³/mol. The predicted octanol–water partition coefficient (Wildman–Crippen LogP) is 1.39. The van der Waals surface area contributed by atoms with Crippen LogP contribution in [0.3, 0.4) is 0 Å². The van der Waals surface area contributed by atoms with Gasteiger partial charge in [-0.1, -0.05) is 0 Å². The van der Waals surface area contributed by atoms with Crippen molar-refractivity contribution >= 4 is 17.0 Å². The molecule has 3 nitrogen and oxygen atoms in total. The molecule has 0 aliphatic carbocycles. The third-order valence-electron chi connectivity index (χ3n) is 0.873.